The fourth-order valence-electron chi connectivity index (χ4n) is 1.69. The highest BCUT2D eigenvalue weighted by Crippen LogP contribution is 2.28. The number of aliphatic hydroxyl groups excluding tert-OH is 2. The Labute approximate surface area is 87.2 Å². The molecule has 1 heterocycles. The molecule has 1 aliphatic rings. The molecule has 5 atom stereocenters. The number of ether oxygens (including phenoxy) is 2. The molecule has 0 aromatic rings. The summed E-state index contributed by atoms with van der Waals surface area (Å²) >= 11 is 0. The molecule has 0 amide bonds. The Bertz CT molecular complexity index is 254. The number of azide groups is 1. The minimum absolute atomic E-state index is 0.297. The third-order valence-corrected chi connectivity index (χ3v) is 2.64. The van der Waals surface area contributed by atoms with Gasteiger partial charge in [-0.25, -0.2) is 0 Å². The van der Waals surface area contributed by atoms with Gasteiger partial charge in [0.1, 0.15) is 6.10 Å². The average Bonchev–Trinajstić information content (AvgIpc) is 2.25. The van der Waals surface area contributed by atoms with Crippen LogP contribution in [0.1, 0.15) is 6.92 Å². The molecule has 0 aromatic heterocycles. The Morgan fingerprint density at radius 2 is 2.27 bits per heavy atom. The molecule has 7 nitrogen and oxygen atoms in total. The predicted octanol–water partition coefficient (Wildman–Crippen LogP) is 0.0259. The topological polar surface area (TPSA) is 108 Å². The lowest BCUT2D eigenvalue weighted by Gasteiger charge is -2.40. The van der Waals surface area contributed by atoms with Gasteiger partial charge in [-0.15, -0.1) is 0 Å². The van der Waals surface area contributed by atoms with Gasteiger partial charge in [0, 0.05) is 12.0 Å². The maximum Gasteiger partial charge on any atom is 0.166 e. The highest BCUT2D eigenvalue weighted by atomic mass is 16.7. The maximum absolute atomic E-state index is 9.72. The van der Waals surface area contributed by atoms with Crippen LogP contribution in [0.3, 0.4) is 0 Å². The molecule has 0 bridgehead atoms. The molecule has 1 fully saturated rings. The second-order valence-corrected chi connectivity index (χ2v) is 3.51. The van der Waals surface area contributed by atoms with E-state index < -0.39 is 24.5 Å². The van der Waals surface area contributed by atoms with Gasteiger partial charge in [-0.3, -0.25) is 0 Å². The van der Waals surface area contributed by atoms with Crippen molar-refractivity contribution in [2.45, 2.75) is 31.5 Å². The zero-order valence-electron chi connectivity index (χ0n) is 8.65. The van der Waals surface area contributed by atoms with Crippen molar-refractivity contribution in [3.63, 3.8) is 0 Å². The van der Waals surface area contributed by atoms with Crippen molar-refractivity contribution < 1.29 is 19.7 Å². The third kappa shape index (κ3) is 2.39. The smallest absolute Gasteiger partial charge is 0.166 e. The second-order valence-electron chi connectivity index (χ2n) is 3.51. The Balaban J connectivity index is 2.83. The van der Waals surface area contributed by atoms with Gasteiger partial charge in [0.2, 0.25) is 0 Å². The fourth-order valence-corrected chi connectivity index (χ4v) is 1.69. The number of nitrogens with zero attached hydrogens (tertiary/aromatic N) is 3. The molecule has 1 aliphatic heterocycles. The van der Waals surface area contributed by atoms with Crippen LogP contribution >= 0.6 is 0 Å². The molecule has 2 unspecified atom stereocenters. The van der Waals surface area contributed by atoms with Crippen LogP contribution in [-0.4, -0.2) is 48.5 Å². The lowest BCUT2D eigenvalue weighted by molar-refractivity contribution is -0.243. The molecule has 7 heteroatoms. The van der Waals surface area contributed by atoms with Crippen molar-refractivity contribution in [2.75, 3.05) is 13.7 Å². The first-order valence-corrected chi connectivity index (χ1v) is 4.67. The molecule has 2 N–H and O–H groups in total. The minimum Gasteiger partial charge on any atom is -0.394 e. The van der Waals surface area contributed by atoms with Gasteiger partial charge >= 0.3 is 0 Å². The predicted molar refractivity (Wildman–Crippen MR) is 50.9 cm³/mol. The first-order chi connectivity index (χ1) is 7.15. The van der Waals surface area contributed by atoms with E-state index >= 15 is 0 Å². The molecular formula is C8H15N3O4. The minimum atomic E-state index is -0.864. The quantitative estimate of drug-likeness (QED) is 0.395. The van der Waals surface area contributed by atoms with Gasteiger partial charge in [-0.2, -0.15) is 0 Å². The van der Waals surface area contributed by atoms with Crippen molar-refractivity contribution >= 4 is 0 Å². The van der Waals surface area contributed by atoms with Crippen LogP contribution in [0.4, 0.5) is 0 Å². The van der Waals surface area contributed by atoms with Crippen molar-refractivity contribution in [1.82, 2.24) is 0 Å². The van der Waals surface area contributed by atoms with E-state index in [9.17, 15) is 5.11 Å². The Morgan fingerprint density at radius 1 is 1.60 bits per heavy atom. The van der Waals surface area contributed by atoms with Crippen LogP contribution in [0, 0.1) is 5.92 Å². The number of hydrogen-bond donors (Lipinski definition) is 2. The summed E-state index contributed by atoms with van der Waals surface area (Å²) < 4.78 is 10.2. The van der Waals surface area contributed by atoms with E-state index in [0.29, 0.717) is 0 Å². The Morgan fingerprint density at radius 3 is 2.73 bits per heavy atom. The average molecular weight is 217 g/mol. The van der Waals surface area contributed by atoms with Gasteiger partial charge in [0.05, 0.1) is 18.8 Å². The molecule has 0 saturated carbocycles. The maximum atomic E-state index is 9.72. The molecule has 1 saturated heterocycles. The summed E-state index contributed by atoms with van der Waals surface area (Å²) in [6.07, 6.45) is -2.29. The van der Waals surface area contributed by atoms with Crippen molar-refractivity contribution in [1.29, 1.82) is 0 Å². The van der Waals surface area contributed by atoms with E-state index in [1.807, 2.05) is 0 Å². The summed E-state index contributed by atoms with van der Waals surface area (Å²) in [6, 6.07) is -0.585. The zero-order valence-corrected chi connectivity index (χ0v) is 8.65. The first kappa shape index (κ1) is 12.2. The number of rotatable bonds is 3. The lowest BCUT2D eigenvalue weighted by Crippen LogP contribution is -2.54. The normalized spacial score (nSPS) is 40.9. The summed E-state index contributed by atoms with van der Waals surface area (Å²) in [5.41, 5.74) is 8.38. The Kier molecular flexibility index (Phi) is 4.31. The summed E-state index contributed by atoms with van der Waals surface area (Å²) in [5.74, 6) is -0.322. The molecule has 0 radical (unpaired) electrons. The fraction of sp³-hybridized carbons (Fsp3) is 1.00. The van der Waals surface area contributed by atoms with E-state index in [1.165, 1.54) is 7.11 Å². The van der Waals surface area contributed by atoms with Crippen LogP contribution in [0.25, 0.3) is 10.4 Å². The molecule has 0 aliphatic carbocycles. The van der Waals surface area contributed by atoms with E-state index in [4.69, 9.17) is 20.1 Å². The molecule has 86 valence electrons. The summed E-state index contributed by atoms with van der Waals surface area (Å²) in [7, 11) is 1.42. The van der Waals surface area contributed by atoms with Crippen LogP contribution in [0.5, 0.6) is 0 Å². The summed E-state index contributed by atoms with van der Waals surface area (Å²) in [5, 5.41) is 22.2. The van der Waals surface area contributed by atoms with Gasteiger partial charge in [0.15, 0.2) is 6.29 Å². The largest absolute Gasteiger partial charge is 0.394 e. The molecular weight excluding hydrogens is 202 g/mol. The molecule has 15 heavy (non-hydrogen) atoms. The van der Waals surface area contributed by atoms with E-state index in [-0.39, 0.29) is 12.5 Å². The van der Waals surface area contributed by atoms with E-state index in [1.54, 1.807) is 6.92 Å². The molecule has 1 rings (SSSR count). The first-order valence-electron chi connectivity index (χ1n) is 4.67. The monoisotopic (exact) mass is 217 g/mol. The van der Waals surface area contributed by atoms with Crippen LogP contribution in [0.15, 0.2) is 5.11 Å². The number of hydrogen-bond acceptors (Lipinski definition) is 5. The number of methoxy groups -OCH3 is 1. The zero-order chi connectivity index (χ0) is 11.4. The molecule has 0 aromatic carbocycles. The summed E-state index contributed by atoms with van der Waals surface area (Å²) in [4.78, 5) is 2.68. The third-order valence-electron chi connectivity index (χ3n) is 2.64. The van der Waals surface area contributed by atoms with Gasteiger partial charge in [-0.1, -0.05) is 12.0 Å². The van der Waals surface area contributed by atoms with Gasteiger partial charge < -0.3 is 19.7 Å². The standard InChI is InChI=1S/C8H15N3O4/c1-4-6(10-11-9)8(14-2)15-5(3-12)7(4)13/h4-8,12-13H,3H2,1-2H3/t4?,5?,6-,7-,8-/m0/s1. The molecule has 0 spiro atoms. The van der Waals surface area contributed by atoms with Crippen molar-refractivity contribution in [2.24, 2.45) is 11.0 Å². The van der Waals surface area contributed by atoms with Crippen LogP contribution < -0.4 is 0 Å². The van der Waals surface area contributed by atoms with E-state index in [2.05, 4.69) is 10.0 Å². The van der Waals surface area contributed by atoms with Gasteiger partial charge in [-0.05, 0) is 11.4 Å². The van der Waals surface area contributed by atoms with E-state index in [0.717, 1.165) is 0 Å². The van der Waals surface area contributed by atoms with Crippen molar-refractivity contribution in [3.05, 3.63) is 10.4 Å². The summed E-state index contributed by atoms with van der Waals surface area (Å²) in [6.45, 7) is 1.43. The van der Waals surface area contributed by atoms with Crippen LogP contribution in [0.2, 0.25) is 0 Å². The lowest BCUT2D eigenvalue weighted by atomic mass is 9.89. The van der Waals surface area contributed by atoms with Crippen molar-refractivity contribution in [3.8, 4) is 0 Å². The second kappa shape index (κ2) is 5.29. The number of aliphatic hydroxyl groups is 2. The highest BCUT2D eigenvalue weighted by molar-refractivity contribution is 4.90. The highest BCUT2D eigenvalue weighted by Gasteiger charge is 2.42. The SMILES string of the molecule is CO[C@H]1OC(CO)[C@@H](O)C(C)[C@@H]1N=[N+]=[N-]. The Hall–Kier alpha value is -0.850. The van der Waals surface area contributed by atoms with Crippen LogP contribution in [-0.2, 0) is 9.47 Å². The van der Waals surface area contributed by atoms with Gasteiger partial charge in [0.25, 0.3) is 0 Å².